The van der Waals surface area contributed by atoms with E-state index in [0.717, 1.165) is 24.1 Å². The number of carbonyl (C=O) groups is 1. The molecule has 106 valence electrons. The third-order valence-corrected chi connectivity index (χ3v) is 3.32. The number of hydrogen-bond donors (Lipinski definition) is 2. The molecular formula is C16H26N2O. The Bertz CT molecular complexity index is 373. The molecule has 0 aromatic heterocycles. The Morgan fingerprint density at radius 1 is 1.16 bits per heavy atom. The Morgan fingerprint density at radius 3 is 2.42 bits per heavy atom. The zero-order valence-electron chi connectivity index (χ0n) is 12.1. The largest absolute Gasteiger partial charge is 0.399 e. The van der Waals surface area contributed by atoms with Gasteiger partial charge < -0.3 is 11.1 Å². The molecule has 1 atom stereocenters. The SMILES string of the molecule is CCCCCCCC(=O)NC(C)c1ccc(N)cc1. The second kappa shape index (κ2) is 8.57. The molecule has 1 unspecified atom stereocenters. The maximum atomic E-state index is 11.8. The lowest BCUT2D eigenvalue weighted by atomic mass is 10.1. The van der Waals surface area contributed by atoms with E-state index in [0.29, 0.717) is 6.42 Å². The Balaban J connectivity index is 2.26. The summed E-state index contributed by atoms with van der Waals surface area (Å²) in [5, 5.41) is 3.03. The zero-order chi connectivity index (χ0) is 14.1. The van der Waals surface area contributed by atoms with Crippen LogP contribution >= 0.6 is 0 Å². The maximum Gasteiger partial charge on any atom is 0.220 e. The average Bonchev–Trinajstić information content (AvgIpc) is 2.39. The fourth-order valence-corrected chi connectivity index (χ4v) is 2.07. The minimum Gasteiger partial charge on any atom is -0.399 e. The van der Waals surface area contributed by atoms with Gasteiger partial charge in [0.15, 0.2) is 0 Å². The summed E-state index contributed by atoms with van der Waals surface area (Å²) in [7, 11) is 0. The van der Waals surface area contributed by atoms with Crippen molar-refractivity contribution < 1.29 is 4.79 Å². The smallest absolute Gasteiger partial charge is 0.220 e. The van der Waals surface area contributed by atoms with Crippen molar-refractivity contribution in [1.29, 1.82) is 0 Å². The van der Waals surface area contributed by atoms with Crippen LogP contribution in [-0.2, 0) is 4.79 Å². The van der Waals surface area contributed by atoms with Crippen LogP contribution < -0.4 is 11.1 Å². The van der Waals surface area contributed by atoms with Gasteiger partial charge >= 0.3 is 0 Å². The molecule has 0 bridgehead atoms. The molecule has 3 heteroatoms. The summed E-state index contributed by atoms with van der Waals surface area (Å²) in [4.78, 5) is 11.8. The number of hydrogen-bond acceptors (Lipinski definition) is 2. The molecule has 0 spiro atoms. The molecular weight excluding hydrogens is 236 g/mol. The first-order valence-electron chi connectivity index (χ1n) is 7.28. The molecule has 0 aliphatic heterocycles. The second-order valence-electron chi connectivity index (χ2n) is 5.12. The number of rotatable bonds is 8. The van der Waals surface area contributed by atoms with Crippen LogP contribution in [0.15, 0.2) is 24.3 Å². The van der Waals surface area contributed by atoms with Crippen LogP contribution in [0.5, 0.6) is 0 Å². The van der Waals surface area contributed by atoms with Crippen LogP contribution in [0.25, 0.3) is 0 Å². The van der Waals surface area contributed by atoms with Crippen molar-refractivity contribution in [2.45, 2.75) is 58.4 Å². The summed E-state index contributed by atoms with van der Waals surface area (Å²) in [5.41, 5.74) is 7.49. The quantitative estimate of drug-likeness (QED) is 0.553. The lowest BCUT2D eigenvalue weighted by Crippen LogP contribution is -2.26. The van der Waals surface area contributed by atoms with Crippen LogP contribution in [0.2, 0.25) is 0 Å². The maximum absolute atomic E-state index is 11.8. The third-order valence-electron chi connectivity index (χ3n) is 3.32. The lowest BCUT2D eigenvalue weighted by Gasteiger charge is -2.14. The van der Waals surface area contributed by atoms with Gasteiger partial charge in [0.2, 0.25) is 5.91 Å². The van der Waals surface area contributed by atoms with Crippen molar-refractivity contribution >= 4 is 11.6 Å². The lowest BCUT2D eigenvalue weighted by molar-refractivity contribution is -0.121. The van der Waals surface area contributed by atoms with E-state index in [9.17, 15) is 4.79 Å². The molecule has 1 aromatic rings. The van der Waals surface area contributed by atoms with E-state index >= 15 is 0 Å². The van der Waals surface area contributed by atoms with Gasteiger partial charge in [0.05, 0.1) is 6.04 Å². The van der Waals surface area contributed by atoms with Crippen LogP contribution in [0.4, 0.5) is 5.69 Å². The Hall–Kier alpha value is -1.51. The van der Waals surface area contributed by atoms with Gasteiger partial charge in [-0.15, -0.1) is 0 Å². The van der Waals surface area contributed by atoms with Crippen LogP contribution in [-0.4, -0.2) is 5.91 Å². The predicted octanol–water partition coefficient (Wildman–Crippen LogP) is 3.81. The summed E-state index contributed by atoms with van der Waals surface area (Å²) >= 11 is 0. The van der Waals surface area contributed by atoms with E-state index in [1.807, 2.05) is 31.2 Å². The Labute approximate surface area is 116 Å². The summed E-state index contributed by atoms with van der Waals surface area (Å²) < 4.78 is 0. The second-order valence-corrected chi connectivity index (χ2v) is 5.12. The molecule has 3 nitrogen and oxygen atoms in total. The Morgan fingerprint density at radius 2 is 1.79 bits per heavy atom. The third kappa shape index (κ3) is 6.27. The van der Waals surface area contributed by atoms with Gasteiger partial charge in [-0.05, 0) is 31.0 Å². The van der Waals surface area contributed by atoms with Crippen molar-refractivity contribution in [2.24, 2.45) is 0 Å². The van der Waals surface area contributed by atoms with Crippen molar-refractivity contribution in [1.82, 2.24) is 5.32 Å². The summed E-state index contributed by atoms with van der Waals surface area (Å²) in [5.74, 6) is 0.140. The number of amides is 1. The molecule has 0 aliphatic carbocycles. The topological polar surface area (TPSA) is 55.1 Å². The summed E-state index contributed by atoms with van der Waals surface area (Å²) in [6.45, 7) is 4.20. The minimum absolute atomic E-state index is 0.0451. The molecule has 1 rings (SSSR count). The predicted molar refractivity (Wildman–Crippen MR) is 80.8 cm³/mol. The number of benzene rings is 1. The van der Waals surface area contributed by atoms with Crippen molar-refractivity contribution in [3.05, 3.63) is 29.8 Å². The molecule has 19 heavy (non-hydrogen) atoms. The standard InChI is InChI=1S/C16H26N2O/c1-3-4-5-6-7-8-16(19)18-13(2)14-9-11-15(17)12-10-14/h9-13H,3-8,17H2,1-2H3,(H,18,19). The molecule has 3 N–H and O–H groups in total. The van der Waals surface area contributed by atoms with Gasteiger partial charge in [0, 0.05) is 12.1 Å². The summed E-state index contributed by atoms with van der Waals surface area (Å²) in [6.07, 6.45) is 6.50. The van der Waals surface area contributed by atoms with E-state index in [-0.39, 0.29) is 11.9 Å². The number of anilines is 1. The van der Waals surface area contributed by atoms with E-state index in [4.69, 9.17) is 5.73 Å². The normalized spacial score (nSPS) is 12.1. The van der Waals surface area contributed by atoms with E-state index in [2.05, 4.69) is 12.2 Å². The van der Waals surface area contributed by atoms with Crippen LogP contribution in [0.3, 0.4) is 0 Å². The molecule has 0 heterocycles. The fourth-order valence-electron chi connectivity index (χ4n) is 2.07. The molecule has 0 saturated carbocycles. The minimum atomic E-state index is 0.0451. The number of unbranched alkanes of at least 4 members (excludes halogenated alkanes) is 4. The van der Waals surface area contributed by atoms with Crippen LogP contribution in [0, 0.1) is 0 Å². The van der Waals surface area contributed by atoms with Gasteiger partial charge in [0.1, 0.15) is 0 Å². The first kappa shape index (κ1) is 15.5. The number of nitrogens with two attached hydrogens (primary N) is 1. The average molecular weight is 262 g/mol. The Kier molecular flexibility index (Phi) is 7.01. The highest BCUT2D eigenvalue weighted by Gasteiger charge is 2.08. The van der Waals surface area contributed by atoms with Crippen molar-refractivity contribution in [3.63, 3.8) is 0 Å². The molecule has 0 radical (unpaired) electrons. The molecule has 0 aliphatic rings. The molecule has 1 aromatic carbocycles. The molecule has 1 amide bonds. The first-order chi connectivity index (χ1) is 9.13. The van der Waals surface area contributed by atoms with E-state index in [1.165, 1.54) is 19.3 Å². The van der Waals surface area contributed by atoms with Gasteiger partial charge in [-0.1, -0.05) is 44.7 Å². The highest BCUT2D eigenvalue weighted by atomic mass is 16.1. The van der Waals surface area contributed by atoms with E-state index in [1.54, 1.807) is 0 Å². The first-order valence-corrected chi connectivity index (χ1v) is 7.28. The molecule has 0 saturated heterocycles. The van der Waals surface area contributed by atoms with E-state index < -0.39 is 0 Å². The monoisotopic (exact) mass is 262 g/mol. The number of nitrogen functional groups attached to an aromatic ring is 1. The molecule has 0 fully saturated rings. The number of nitrogens with one attached hydrogen (secondary N) is 1. The number of carbonyl (C=O) groups excluding carboxylic acids is 1. The van der Waals surface area contributed by atoms with Gasteiger partial charge in [-0.3, -0.25) is 4.79 Å². The van der Waals surface area contributed by atoms with Gasteiger partial charge in [0.25, 0.3) is 0 Å². The van der Waals surface area contributed by atoms with Crippen LogP contribution in [0.1, 0.15) is 64.0 Å². The van der Waals surface area contributed by atoms with Gasteiger partial charge in [-0.25, -0.2) is 0 Å². The zero-order valence-corrected chi connectivity index (χ0v) is 12.1. The summed E-state index contributed by atoms with van der Waals surface area (Å²) in [6, 6.07) is 7.69. The van der Waals surface area contributed by atoms with Gasteiger partial charge in [-0.2, -0.15) is 0 Å². The highest BCUT2D eigenvalue weighted by Crippen LogP contribution is 2.14. The fraction of sp³-hybridized carbons (Fsp3) is 0.562. The van der Waals surface area contributed by atoms with Crippen molar-refractivity contribution in [3.8, 4) is 0 Å². The highest BCUT2D eigenvalue weighted by molar-refractivity contribution is 5.76. The van der Waals surface area contributed by atoms with Crippen molar-refractivity contribution in [2.75, 3.05) is 5.73 Å².